The summed E-state index contributed by atoms with van der Waals surface area (Å²) in [5.74, 6) is -2.13. The van der Waals surface area contributed by atoms with E-state index >= 15 is 0 Å². The molecule has 1 fully saturated rings. The Bertz CT molecular complexity index is 2060. The molecular weight excluding hydrogens is 857 g/mol. The molecule has 0 radical (unpaired) electrons. The molecule has 0 N–H and O–H groups in total. The highest BCUT2D eigenvalue weighted by Gasteiger charge is 2.34. The van der Waals surface area contributed by atoms with Crippen LogP contribution in [0.3, 0.4) is 0 Å². The van der Waals surface area contributed by atoms with Gasteiger partial charge in [-0.1, -0.05) is 13.2 Å². The van der Waals surface area contributed by atoms with E-state index in [1.807, 2.05) is 0 Å². The zero-order valence-electron chi connectivity index (χ0n) is 36.4. The Balaban J connectivity index is 1.000. The first-order valence-electron chi connectivity index (χ1n) is 21.5. The molecular formula is C50H52O16. The van der Waals surface area contributed by atoms with Gasteiger partial charge in [-0.2, -0.15) is 0 Å². The van der Waals surface area contributed by atoms with Crippen LogP contribution < -0.4 is 18.9 Å². The molecule has 66 heavy (non-hydrogen) atoms. The number of hydrogen-bond acceptors (Lipinski definition) is 16. The molecule has 0 saturated carbocycles. The summed E-state index contributed by atoms with van der Waals surface area (Å²) in [5.41, 5.74) is 0.794. The number of hydrogen-bond donors (Lipinski definition) is 0. The Morgan fingerprint density at radius 3 is 1.06 bits per heavy atom. The third-order valence-electron chi connectivity index (χ3n) is 9.53. The van der Waals surface area contributed by atoms with Crippen molar-refractivity contribution in [2.45, 2.75) is 63.9 Å². The average Bonchev–Trinajstić information content (AvgIpc) is 3.34. The number of carbonyl (C=O) groups excluding carboxylic acids is 6. The third-order valence-corrected chi connectivity index (χ3v) is 9.53. The van der Waals surface area contributed by atoms with Crippen LogP contribution in [0.25, 0.3) is 0 Å². The number of benzene rings is 4. The molecule has 1 saturated heterocycles. The van der Waals surface area contributed by atoms with Crippen molar-refractivity contribution in [2.75, 3.05) is 39.6 Å². The van der Waals surface area contributed by atoms with E-state index in [1.165, 1.54) is 48.5 Å². The summed E-state index contributed by atoms with van der Waals surface area (Å²) < 4.78 is 54.4. The van der Waals surface area contributed by atoms with Crippen molar-refractivity contribution >= 4 is 35.8 Å². The van der Waals surface area contributed by atoms with Gasteiger partial charge >= 0.3 is 35.8 Å². The van der Waals surface area contributed by atoms with E-state index in [-0.39, 0.29) is 35.8 Å². The van der Waals surface area contributed by atoms with E-state index in [0.717, 1.165) is 63.5 Å². The second-order valence-corrected chi connectivity index (χ2v) is 14.4. The molecule has 2 unspecified atom stereocenters. The summed E-state index contributed by atoms with van der Waals surface area (Å²) in [6.07, 6.45) is 6.27. The monoisotopic (exact) mass is 908 g/mol. The third kappa shape index (κ3) is 17.0. The second-order valence-electron chi connectivity index (χ2n) is 14.4. The van der Waals surface area contributed by atoms with Crippen molar-refractivity contribution in [2.24, 2.45) is 0 Å². The minimum Gasteiger partial charge on any atom is -0.494 e. The molecule has 0 aliphatic carbocycles. The van der Waals surface area contributed by atoms with Crippen LogP contribution in [0.2, 0.25) is 0 Å². The Labute approximate surface area is 382 Å². The molecule has 1 heterocycles. The Morgan fingerprint density at radius 1 is 0.424 bits per heavy atom. The maximum absolute atomic E-state index is 13.0. The van der Waals surface area contributed by atoms with Gasteiger partial charge in [0.2, 0.25) is 0 Å². The second kappa shape index (κ2) is 27.1. The standard InChI is InChI=1S/C50H52O16/c1-3-43(51)59-31-11-7-5-9-29-57-39-21-13-35(14-22-39)45(53)63-41-25-17-37(18-26-41)47(55)65-49-50(62-34-33-61-49)66-48(56)38-19-27-42(28-20-38)64-46(54)36-15-23-40(24-16-36)58-30-10-6-8-12-32-60-44(52)4-2/h3-4,13-28,49-50H,1-2,5-12,29-34H2. The van der Waals surface area contributed by atoms with Crippen molar-refractivity contribution in [1.82, 2.24) is 0 Å². The van der Waals surface area contributed by atoms with Crippen LogP contribution >= 0.6 is 0 Å². The van der Waals surface area contributed by atoms with E-state index < -0.39 is 48.4 Å². The molecule has 0 aromatic heterocycles. The molecule has 0 amide bonds. The first-order valence-corrected chi connectivity index (χ1v) is 21.5. The van der Waals surface area contributed by atoms with Crippen LogP contribution in [0.1, 0.15) is 92.8 Å². The molecule has 16 nitrogen and oxygen atoms in total. The van der Waals surface area contributed by atoms with Crippen LogP contribution in [-0.4, -0.2) is 88.0 Å². The van der Waals surface area contributed by atoms with Crippen molar-refractivity contribution in [3.63, 3.8) is 0 Å². The highest BCUT2D eigenvalue weighted by molar-refractivity contribution is 5.93. The predicted molar refractivity (Wildman–Crippen MR) is 236 cm³/mol. The quantitative estimate of drug-likeness (QED) is 0.0192. The summed E-state index contributed by atoms with van der Waals surface area (Å²) in [6.45, 7) is 8.56. The molecule has 1 aliphatic rings. The van der Waals surface area contributed by atoms with Gasteiger partial charge in [-0.3, -0.25) is 0 Å². The topological polar surface area (TPSA) is 195 Å². The fourth-order valence-electron chi connectivity index (χ4n) is 6.00. The van der Waals surface area contributed by atoms with Gasteiger partial charge in [0.05, 0.1) is 61.9 Å². The molecule has 2 atom stereocenters. The lowest BCUT2D eigenvalue weighted by Gasteiger charge is -2.30. The zero-order chi connectivity index (χ0) is 46.9. The summed E-state index contributed by atoms with van der Waals surface area (Å²) >= 11 is 0. The van der Waals surface area contributed by atoms with E-state index in [2.05, 4.69) is 13.2 Å². The number of esters is 6. The van der Waals surface area contributed by atoms with Crippen molar-refractivity contribution in [1.29, 1.82) is 0 Å². The first-order chi connectivity index (χ1) is 32.1. The smallest absolute Gasteiger partial charge is 0.343 e. The van der Waals surface area contributed by atoms with Gasteiger partial charge in [-0.15, -0.1) is 0 Å². The molecule has 1 aliphatic heterocycles. The van der Waals surface area contributed by atoms with Gasteiger partial charge in [0, 0.05) is 12.2 Å². The molecule has 0 spiro atoms. The normalized spacial score (nSPS) is 14.1. The minimum absolute atomic E-state index is 0.0704. The van der Waals surface area contributed by atoms with Gasteiger partial charge in [0.1, 0.15) is 23.0 Å². The van der Waals surface area contributed by atoms with Crippen LogP contribution in [-0.2, 0) is 38.0 Å². The summed E-state index contributed by atoms with van der Waals surface area (Å²) in [4.78, 5) is 73.8. The van der Waals surface area contributed by atoms with Gasteiger partial charge in [-0.25, -0.2) is 28.8 Å². The van der Waals surface area contributed by atoms with Gasteiger partial charge in [0.15, 0.2) is 0 Å². The minimum atomic E-state index is -1.38. The lowest BCUT2D eigenvalue weighted by atomic mass is 10.2. The van der Waals surface area contributed by atoms with Crippen LogP contribution in [0.15, 0.2) is 122 Å². The largest absolute Gasteiger partial charge is 0.494 e. The van der Waals surface area contributed by atoms with Gasteiger partial charge < -0.3 is 47.4 Å². The molecule has 5 rings (SSSR count). The van der Waals surface area contributed by atoms with Crippen LogP contribution in [0.5, 0.6) is 23.0 Å². The zero-order valence-corrected chi connectivity index (χ0v) is 36.4. The Hall–Kier alpha value is -7.30. The molecule has 348 valence electrons. The SMILES string of the molecule is C=CC(=O)OCCCCCCOc1ccc(C(=O)Oc2ccc(C(=O)OC3OCCOC3OC(=O)c3ccc(OC(=O)c4ccc(OCCCCCCOC(=O)C=C)cc4)cc3)cc2)cc1. The number of unbranched alkanes of at least 4 members (excludes halogenated alkanes) is 6. The van der Waals surface area contributed by atoms with E-state index in [4.69, 9.17) is 47.4 Å². The average molecular weight is 909 g/mol. The van der Waals surface area contributed by atoms with Gasteiger partial charge in [-0.05, 0) is 148 Å². The lowest BCUT2D eigenvalue weighted by molar-refractivity contribution is -0.288. The lowest BCUT2D eigenvalue weighted by Crippen LogP contribution is -2.44. The number of ether oxygens (including phenoxy) is 10. The summed E-state index contributed by atoms with van der Waals surface area (Å²) in [7, 11) is 0. The van der Waals surface area contributed by atoms with Crippen molar-refractivity contribution in [3.8, 4) is 23.0 Å². The van der Waals surface area contributed by atoms with Crippen LogP contribution in [0.4, 0.5) is 0 Å². The van der Waals surface area contributed by atoms with E-state index in [1.54, 1.807) is 48.5 Å². The van der Waals surface area contributed by atoms with Crippen molar-refractivity contribution in [3.05, 3.63) is 145 Å². The predicted octanol–water partition coefficient (Wildman–Crippen LogP) is 8.17. The molecule has 16 heteroatoms. The van der Waals surface area contributed by atoms with E-state index in [9.17, 15) is 28.8 Å². The van der Waals surface area contributed by atoms with Gasteiger partial charge in [0.25, 0.3) is 12.6 Å². The highest BCUT2D eigenvalue weighted by Crippen LogP contribution is 2.22. The van der Waals surface area contributed by atoms with Crippen LogP contribution in [0, 0.1) is 0 Å². The number of carbonyl (C=O) groups is 6. The van der Waals surface area contributed by atoms with E-state index in [0.29, 0.717) is 49.1 Å². The fraction of sp³-hybridized carbons (Fsp3) is 0.320. The van der Waals surface area contributed by atoms with Crippen molar-refractivity contribution < 1.29 is 76.1 Å². The Kier molecular flexibility index (Phi) is 20.4. The summed E-state index contributed by atoms with van der Waals surface area (Å²) in [5, 5.41) is 0. The number of rotatable bonds is 26. The molecule has 0 bridgehead atoms. The highest BCUT2D eigenvalue weighted by atomic mass is 16.8. The maximum Gasteiger partial charge on any atom is 0.343 e. The fourth-order valence-corrected chi connectivity index (χ4v) is 6.00. The summed E-state index contributed by atoms with van der Waals surface area (Å²) in [6, 6.07) is 24.4. The molecule has 4 aromatic carbocycles. The molecule has 4 aromatic rings. The Morgan fingerprint density at radius 2 is 0.727 bits per heavy atom. The maximum atomic E-state index is 13.0. The first kappa shape index (κ1) is 49.7.